The summed E-state index contributed by atoms with van der Waals surface area (Å²) >= 11 is 10.8. The average molecular weight is 1990 g/mol. The number of halogens is 16. The Labute approximate surface area is 840 Å². The highest BCUT2D eigenvalue weighted by atomic mass is 35.5. The van der Waals surface area contributed by atoms with Crippen LogP contribution in [0.15, 0.2) is 309 Å². The van der Waals surface area contributed by atoms with Crippen LogP contribution in [-0.2, 0) is 18.8 Å². The number of alkyl halides is 9. The number of hydrogen-bond donors (Lipinski definition) is 0. The van der Waals surface area contributed by atoms with Crippen LogP contribution in [-0.4, -0.2) is 11.3 Å². The SMILES string of the molecule is C.C.C.C.C.C.C.C.C.C.C.C.C.CCc1ccc(C)cc1.Cc1ccc(C(C)C)cc1.Cc1ccc(C(F)(F)F)cc1.Cc1ccc(C)c(C)c1.Cc1ccc(Cl)c(F)c1.Cc1ccc(F)c(Cl)c1.Cc1ccc(F)c(F)c1.Cc1ccc(F)cc1.Cc1ccc(OC(F)(F)F)cc1.Cc1ccc([N+](=O)[O-])cc1.Cc1ccc2ccccc2c1.Cc1cccc(C(F)(F)F)c1.Cc1cccc(C)c1. The molecule has 20 heteroatoms. The summed E-state index contributed by atoms with van der Waals surface area (Å²) in [6.45, 7) is 37.9. The Kier molecular flexibility index (Phi) is 86.7. The lowest BCUT2D eigenvalue weighted by Crippen LogP contribution is -2.16. The zero-order chi connectivity index (χ0) is 95.0. The van der Waals surface area contributed by atoms with Crippen LogP contribution < -0.4 is 4.74 Å². The van der Waals surface area contributed by atoms with Crippen molar-refractivity contribution in [2.45, 2.75) is 259 Å². The van der Waals surface area contributed by atoms with Crippen molar-refractivity contribution in [1.29, 1.82) is 0 Å². The highest BCUT2D eigenvalue weighted by Gasteiger charge is 2.32. The molecule has 0 bridgehead atoms. The first-order valence-corrected chi connectivity index (χ1v) is 40.6. The molecule has 0 aliphatic heterocycles. The lowest BCUT2D eigenvalue weighted by molar-refractivity contribution is -0.384. The topological polar surface area (TPSA) is 52.4 Å². The van der Waals surface area contributed by atoms with Crippen LogP contribution in [0.3, 0.4) is 0 Å². The Bertz CT molecular complexity index is 5230. The van der Waals surface area contributed by atoms with Crippen LogP contribution in [0.2, 0.25) is 10.0 Å². The Hall–Kier alpha value is -11.9. The van der Waals surface area contributed by atoms with Crippen molar-refractivity contribution in [3.63, 3.8) is 0 Å². The van der Waals surface area contributed by atoms with Gasteiger partial charge in [0, 0.05) is 12.1 Å². The number of fused-ring (bicyclic) bond motifs is 1. The number of benzene rings is 14. The monoisotopic (exact) mass is 1990 g/mol. The van der Waals surface area contributed by atoms with Gasteiger partial charge in [-0.1, -0.05) is 420 Å². The molecule has 14 aromatic carbocycles. The van der Waals surface area contributed by atoms with Crippen LogP contribution in [0, 0.1) is 150 Å². The molecule has 0 fully saturated rings. The largest absolute Gasteiger partial charge is 0.573 e. The molecule has 0 saturated carbocycles. The molecule has 0 aliphatic rings. The maximum absolute atomic E-state index is 12.4. The summed E-state index contributed by atoms with van der Waals surface area (Å²) in [6, 6.07) is 89.2. The van der Waals surface area contributed by atoms with Crippen LogP contribution in [0.5, 0.6) is 5.75 Å². The summed E-state index contributed by atoms with van der Waals surface area (Å²) in [4.78, 5) is 9.71. The molecule has 0 spiro atoms. The van der Waals surface area contributed by atoms with Crippen molar-refractivity contribution in [2.24, 2.45) is 0 Å². The summed E-state index contributed by atoms with van der Waals surface area (Å²) < 4.78 is 171. The lowest BCUT2D eigenvalue weighted by Gasteiger charge is -2.08. The van der Waals surface area contributed by atoms with Crippen LogP contribution in [0.4, 0.5) is 67.2 Å². The van der Waals surface area contributed by atoms with Gasteiger partial charge in [-0.15, -0.1) is 13.2 Å². The second-order valence-electron chi connectivity index (χ2n) is 29.7. The summed E-state index contributed by atoms with van der Waals surface area (Å²) in [5, 5.41) is 13.1. The van der Waals surface area contributed by atoms with Gasteiger partial charge < -0.3 is 4.74 Å². The van der Waals surface area contributed by atoms with E-state index < -0.39 is 46.4 Å². The summed E-state index contributed by atoms with van der Waals surface area (Å²) in [5.74, 6) is -1.99. The van der Waals surface area contributed by atoms with E-state index in [2.05, 4.69) is 214 Å². The fourth-order valence-electron chi connectivity index (χ4n) is 10.1. The van der Waals surface area contributed by atoms with Crippen molar-refractivity contribution in [3.05, 3.63) is 470 Å². The smallest absolute Gasteiger partial charge is 0.406 e. The minimum atomic E-state index is -4.60. The molecular formula is C119H163Cl2F14NO3. The van der Waals surface area contributed by atoms with E-state index in [-0.39, 0.29) is 135 Å². The van der Waals surface area contributed by atoms with E-state index in [1.807, 2.05) is 27.7 Å². The summed E-state index contributed by atoms with van der Waals surface area (Å²) in [6.07, 6.45) is -11.9. The van der Waals surface area contributed by atoms with Crippen molar-refractivity contribution in [2.75, 3.05) is 0 Å². The number of nitro benzene ring substituents is 1. The molecule has 0 saturated heterocycles. The standard InChI is InChI=1S/C11H10.C10H14.2C9H12.C8H7F3O.2C8H7F3.C8H10.2C7H6ClF.C7H6F2.C7H7F.C7H7NO2.13CH4/c1-9-6-7-10-4-2-3-5-11(10)8-9;1-8(2)10-6-4-9(3)5-7-10;1-7-4-5-8(2)9(3)6-7;1-3-9-6-4-8(2)5-7-9;1-6-2-4-7(5-3-6)12-8(9,10)11;1-6-2-4-7(5-3-6)8(9,10)11;1-6-3-2-4-7(5-6)8(9,10)11;1-7-4-3-5-8(2)6-7;1-5-2-3-7(9)6(8)4-5;2*1-5-2-3-6(8)7(9)4-5;1-6-2-4-7(8)5-3-6;1-6-2-4-7(5-3-6)8(9)10;;;;;;;;;;;;;/h2-8H,1H3;4-8H,1-3H3;4-6H,1-3H3;4-7H,3H2,1-2H3;2-5H,1H3;2*2-5H,1H3;3-6H,1-2H3;3*2-4H,1H3;2-5H,1H3;2-5H,1H3;13*1H4. The molecule has 0 aliphatic carbocycles. The van der Waals surface area contributed by atoms with Crippen LogP contribution in [0.1, 0.15) is 235 Å². The molecule has 774 valence electrons. The molecule has 14 rings (SSSR count). The number of ether oxygens (including phenoxy) is 1. The van der Waals surface area contributed by atoms with Gasteiger partial charge in [-0.2, -0.15) is 26.3 Å². The molecule has 14 aromatic rings. The third kappa shape index (κ3) is 69.6. The molecule has 4 nitrogen and oxygen atoms in total. The number of aryl methyl sites for hydroxylation is 17. The van der Waals surface area contributed by atoms with E-state index in [1.54, 1.807) is 94.4 Å². The molecule has 0 N–H and O–H groups in total. The molecule has 0 atom stereocenters. The maximum Gasteiger partial charge on any atom is 0.573 e. The van der Waals surface area contributed by atoms with Gasteiger partial charge in [0.05, 0.1) is 26.1 Å². The minimum Gasteiger partial charge on any atom is -0.406 e. The maximum atomic E-state index is 12.4. The molecule has 0 unspecified atom stereocenters. The van der Waals surface area contributed by atoms with Gasteiger partial charge in [-0.05, 0) is 252 Å². The highest BCUT2D eigenvalue weighted by molar-refractivity contribution is 6.31. The van der Waals surface area contributed by atoms with E-state index in [9.17, 15) is 71.6 Å². The van der Waals surface area contributed by atoms with E-state index >= 15 is 0 Å². The Morgan fingerprint density at radius 1 is 0.295 bits per heavy atom. The van der Waals surface area contributed by atoms with Crippen molar-refractivity contribution < 1.29 is 71.1 Å². The van der Waals surface area contributed by atoms with Gasteiger partial charge in [0.1, 0.15) is 23.2 Å². The molecule has 0 heterocycles. The van der Waals surface area contributed by atoms with Gasteiger partial charge in [0.2, 0.25) is 0 Å². The first kappa shape index (κ1) is 153. The molecule has 0 amide bonds. The molecule has 139 heavy (non-hydrogen) atoms. The van der Waals surface area contributed by atoms with Crippen molar-refractivity contribution >= 4 is 39.7 Å². The Morgan fingerprint density at radius 3 is 0.971 bits per heavy atom. The van der Waals surface area contributed by atoms with Gasteiger partial charge in [0.25, 0.3) is 5.69 Å². The fraction of sp³-hybridized carbons (Fsp3) is 0.311. The minimum absolute atomic E-state index is 0. The van der Waals surface area contributed by atoms with Crippen LogP contribution in [0.25, 0.3) is 10.8 Å². The number of nitrogens with zero attached hydrogens (tertiary/aromatic N) is 1. The average Bonchev–Trinajstić information content (AvgIpc) is 0.895. The van der Waals surface area contributed by atoms with Crippen molar-refractivity contribution in [1.82, 2.24) is 0 Å². The van der Waals surface area contributed by atoms with E-state index in [0.29, 0.717) is 11.5 Å². The van der Waals surface area contributed by atoms with E-state index in [0.717, 1.165) is 81.8 Å². The third-order valence-corrected chi connectivity index (χ3v) is 18.1. The van der Waals surface area contributed by atoms with E-state index in [1.165, 1.54) is 139 Å². The molecular weight excluding hydrogens is 1830 g/mol. The number of rotatable bonds is 4. The number of nitro groups is 1. The predicted octanol–water partition coefficient (Wildman–Crippen LogP) is 42.8. The van der Waals surface area contributed by atoms with E-state index in [4.69, 9.17) is 23.2 Å². The quantitative estimate of drug-likeness (QED) is 0.100. The first-order chi connectivity index (χ1) is 58.9. The van der Waals surface area contributed by atoms with Gasteiger partial charge in [-0.3, -0.25) is 10.1 Å². The molecule has 0 radical (unpaired) electrons. The van der Waals surface area contributed by atoms with Gasteiger partial charge in [0.15, 0.2) is 11.6 Å². The predicted molar refractivity (Wildman–Crippen MR) is 581 cm³/mol. The highest BCUT2D eigenvalue weighted by Crippen LogP contribution is 2.31. The normalized spacial score (nSPS) is 9.24. The summed E-state index contributed by atoms with van der Waals surface area (Å²) in [5.41, 5.74) is 19.6. The zero-order valence-electron chi connectivity index (χ0n) is 74.4. The zero-order valence-corrected chi connectivity index (χ0v) is 76.0. The summed E-state index contributed by atoms with van der Waals surface area (Å²) in [7, 11) is 0. The Morgan fingerprint density at radius 2 is 0.633 bits per heavy atom. The van der Waals surface area contributed by atoms with Crippen molar-refractivity contribution in [3.8, 4) is 5.75 Å². The molecule has 0 aromatic heterocycles. The van der Waals surface area contributed by atoms with Gasteiger partial charge in [-0.25, -0.2) is 22.0 Å². The first-order valence-electron chi connectivity index (χ1n) is 39.9. The number of non-ortho nitro benzene ring substituents is 1. The third-order valence-electron chi connectivity index (χ3n) is 17.5. The Balaban J connectivity index is -0.000000125. The number of hydrogen-bond acceptors (Lipinski definition) is 3. The fourth-order valence-corrected chi connectivity index (χ4v) is 10.4. The second-order valence-corrected chi connectivity index (χ2v) is 30.5. The second kappa shape index (κ2) is 79.0. The lowest BCUT2D eigenvalue weighted by atomic mass is 10.0. The van der Waals surface area contributed by atoms with Gasteiger partial charge >= 0.3 is 18.7 Å². The van der Waals surface area contributed by atoms with Crippen LogP contribution >= 0.6 is 23.2 Å².